The van der Waals surface area contributed by atoms with Crippen LogP contribution in [0.4, 0.5) is 0 Å². The largest absolute Gasteiger partial charge is 0.497 e. The quantitative estimate of drug-likeness (QED) is 0.284. The summed E-state index contributed by atoms with van der Waals surface area (Å²) in [4.78, 5) is 13.2. The van der Waals surface area contributed by atoms with Crippen molar-refractivity contribution in [2.75, 3.05) is 7.11 Å². The van der Waals surface area contributed by atoms with Crippen molar-refractivity contribution in [1.82, 2.24) is 10.2 Å². The molecule has 1 unspecified atom stereocenters. The normalized spacial score (nSPS) is 11.8. The molecule has 6 heteroatoms. The molecule has 4 aromatic rings. The summed E-state index contributed by atoms with van der Waals surface area (Å²) >= 11 is 1.27. The molecular formula is C24H20N2O3S. The van der Waals surface area contributed by atoms with Crippen LogP contribution in [0.5, 0.6) is 5.75 Å². The number of carbonyl (C=O) groups is 1. The maximum absolute atomic E-state index is 13.2. The lowest BCUT2D eigenvalue weighted by Gasteiger charge is -2.14. The third-order valence-corrected chi connectivity index (χ3v) is 5.67. The van der Waals surface area contributed by atoms with E-state index in [0.29, 0.717) is 23.1 Å². The smallest absolute Gasteiger partial charge is 0.277 e. The number of methoxy groups -OCH3 is 1. The number of hydrogen-bond acceptors (Lipinski definition) is 6. The van der Waals surface area contributed by atoms with Gasteiger partial charge in [0.05, 0.1) is 13.5 Å². The third-order valence-electron chi connectivity index (χ3n) is 4.58. The first-order valence-electron chi connectivity index (χ1n) is 9.49. The highest BCUT2D eigenvalue weighted by molar-refractivity contribution is 8.00. The molecule has 0 amide bonds. The Labute approximate surface area is 179 Å². The number of benzene rings is 3. The van der Waals surface area contributed by atoms with Gasteiger partial charge in [0, 0.05) is 5.56 Å². The summed E-state index contributed by atoms with van der Waals surface area (Å²) in [5.74, 6) is 1.30. The molecule has 0 saturated carbocycles. The van der Waals surface area contributed by atoms with Crippen LogP contribution in [-0.2, 0) is 6.42 Å². The van der Waals surface area contributed by atoms with Crippen molar-refractivity contribution in [2.24, 2.45) is 0 Å². The SMILES string of the molecule is COc1ccc(Cc2nnc(SC(C(=O)c3ccccc3)c3ccccc3)o2)cc1. The zero-order valence-electron chi connectivity index (χ0n) is 16.4. The van der Waals surface area contributed by atoms with E-state index in [1.54, 1.807) is 7.11 Å². The van der Waals surface area contributed by atoms with Crippen molar-refractivity contribution in [2.45, 2.75) is 16.9 Å². The Balaban J connectivity index is 1.54. The lowest BCUT2D eigenvalue weighted by Crippen LogP contribution is -2.10. The summed E-state index contributed by atoms with van der Waals surface area (Å²) in [6.07, 6.45) is 0.514. The molecule has 0 aliphatic carbocycles. The molecule has 0 N–H and O–H groups in total. The molecule has 0 fully saturated rings. The Morgan fingerprint density at radius 3 is 2.27 bits per heavy atom. The molecule has 1 heterocycles. The summed E-state index contributed by atoms with van der Waals surface area (Å²) in [5, 5.41) is 8.21. The lowest BCUT2D eigenvalue weighted by atomic mass is 10.0. The van der Waals surface area contributed by atoms with Crippen molar-refractivity contribution >= 4 is 17.5 Å². The van der Waals surface area contributed by atoms with Crippen LogP contribution in [0.2, 0.25) is 0 Å². The molecule has 0 radical (unpaired) electrons. The highest BCUT2D eigenvalue weighted by Gasteiger charge is 2.25. The van der Waals surface area contributed by atoms with E-state index in [9.17, 15) is 4.79 Å². The highest BCUT2D eigenvalue weighted by atomic mass is 32.2. The van der Waals surface area contributed by atoms with Crippen LogP contribution in [0.15, 0.2) is 94.6 Å². The average Bonchev–Trinajstić information content (AvgIpc) is 3.25. The van der Waals surface area contributed by atoms with Crippen molar-refractivity contribution in [3.63, 3.8) is 0 Å². The number of ketones is 1. The van der Waals surface area contributed by atoms with Crippen LogP contribution in [-0.4, -0.2) is 23.1 Å². The van der Waals surface area contributed by atoms with Crippen molar-refractivity contribution in [3.05, 3.63) is 108 Å². The van der Waals surface area contributed by atoms with Crippen LogP contribution in [0, 0.1) is 0 Å². The first-order valence-corrected chi connectivity index (χ1v) is 10.4. The van der Waals surface area contributed by atoms with E-state index in [4.69, 9.17) is 9.15 Å². The molecular weight excluding hydrogens is 396 g/mol. The van der Waals surface area contributed by atoms with Gasteiger partial charge in [-0.25, -0.2) is 0 Å². The zero-order valence-corrected chi connectivity index (χ0v) is 17.2. The maximum atomic E-state index is 13.2. The Morgan fingerprint density at radius 1 is 0.933 bits per heavy atom. The van der Waals surface area contributed by atoms with E-state index in [0.717, 1.165) is 16.9 Å². The molecule has 5 nitrogen and oxygen atoms in total. The van der Waals surface area contributed by atoms with Crippen LogP contribution >= 0.6 is 11.8 Å². The Hall–Kier alpha value is -3.38. The molecule has 1 aromatic heterocycles. The third kappa shape index (κ3) is 4.78. The minimum Gasteiger partial charge on any atom is -0.497 e. The first-order chi connectivity index (χ1) is 14.7. The van der Waals surface area contributed by atoms with Gasteiger partial charge in [0.2, 0.25) is 5.89 Å². The van der Waals surface area contributed by atoms with Gasteiger partial charge in [-0.1, -0.05) is 72.8 Å². The number of hydrogen-bond donors (Lipinski definition) is 0. The summed E-state index contributed by atoms with van der Waals surface area (Å²) < 4.78 is 11.0. The summed E-state index contributed by atoms with van der Waals surface area (Å²) in [6, 6.07) is 26.6. The predicted molar refractivity (Wildman–Crippen MR) is 116 cm³/mol. The molecule has 4 rings (SSSR count). The van der Waals surface area contributed by atoms with E-state index in [2.05, 4.69) is 10.2 Å². The van der Waals surface area contributed by atoms with Crippen molar-refractivity contribution in [3.8, 4) is 5.75 Å². The summed E-state index contributed by atoms with van der Waals surface area (Å²) in [7, 11) is 1.64. The monoisotopic (exact) mass is 416 g/mol. The molecule has 0 aliphatic heterocycles. The van der Waals surface area contributed by atoms with Crippen LogP contribution in [0.3, 0.4) is 0 Å². The van der Waals surface area contributed by atoms with E-state index in [1.165, 1.54) is 11.8 Å². The standard InChI is InChI=1S/C24H20N2O3S/c1-28-20-14-12-17(13-15-20)16-21-25-26-24(29-21)30-23(19-10-6-3-7-11-19)22(27)18-8-4-2-5-9-18/h2-15,23H,16H2,1H3. The topological polar surface area (TPSA) is 65.2 Å². The summed E-state index contributed by atoms with van der Waals surface area (Å²) in [6.45, 7) is 0. The highest BCUT2D eigenvalue weighted by Crippen LogP contribution is 2.37. The van der Waals surface area contributed by atoms with Gasteiger partial charge in [-0.05, 0) is 35.0 Å². The minimum absolute atomic E-state index is 0.00158. The van der Waals surface area contributed by atoms with Gasteiger partial charge in [0.1, 0.15) is 11.0 Å². The number of rotatable bonds is 8. The van der Waals surface area contributed by atoms with Gasteiger partial charge in [-0.15, -0.1) is 10.2 Å². The second kappa shape index (κ2) is 9.41. The van der Waals surface area contributed by atoms with Gasteiger partial charge >= 0.3 is 0 Å². The maximum Gasteiger partial charge on any atom is 0.277 e. The fraction of sp³-hybridized carbons (Fsp3) is 0.125. The number of Topliss-reactive ketones (excluding diaryl/α,β-unsaturated/α-hetero) is 1. The number of thioether (sulfide) groups is 1. The molecule has 3 aromatic carbocycles. The molecule has 30 heavy (non-hydrogen) atoms. The Morgan fingerprint density at radius 2 is 1.60 bits per heavy atom. The molecule has 0 spiro atoms. The van der Waals surface area contributed by atoms with Gasteiger partial charge in [0.25, 0.3) is 5.22 Å². The second-order valence-corrected chi connectivity index (χ2v) is 7.68. The Kier molecular flexibility index (Phi) is 6.25. The van der Waals surface area contributed by atoms with Crippen LogP contribution in [0.1, 0.15) is 32.6 Å². The molecule has 1 atom stereocenters. The second-order valence-electron chi connectivity index (χ2n) is 6.63. The Bertz CT molecular complexity index is 1100. The van der Waals surface area contributed by atoms with Gasteiger partial charge < -0.3 is 9.15 Å². The predicted octanol–water partition coefficient (Wildman–Crippen LogP) is 5.39. The van der Waals surface area contributed by atoms with Crippen LogP contribution < -0.4 is 4.74 Å². The summed E-state index contributed by atoms with van der Waals surface area (Å²) in [5.41, 5.74) is 2.58. The zero-order chi connectivity index (χ0) is 20.8. The average molecular weight is 417 g/mol. The minimum atomic E-state index is -0.470. The first kappa shape index (κ1) is 19.9. The number of carbonyl (C=O) groups excluding carboxylic acids is 1. The molecule has 0 aliphatic rings. The van der Waals surface area contributed by atoms with Gasteiger partial charge in [-0.3, -0.25) is 4.79 Å². The van der Waals surface area contributed by atoms with E-state index >= 15 is 0 Å². The van der Waals surface area contributed by atoms with Gasteiger partial charge in [-0.2, -0.15) is 0 Å². The van der Waals surface area contributed by atoms with Crippen molar-refractivity contribution in [1.29, 1.82) is 0 Å². The number of ether oxygens (including phenoxy) is 1. The molecule has 0 bridgehead atoms. The van der Waals surface area contributed by atoms with E-state index in [1.807, 2.05) is 84.9 Å². The van der Waals surface area contributed by atoms with E-state index in [-0.39, 0.29) is 5.78 Å². The fourth-order valence-corrected chi connectivity index (χ4v) is 4.00. The number of aromatic nitrogens is 2. The van der Waals surface area contributed by atoms with Crippen LogP contribution in [0.25, 0.3) is 0 Å². The van der Waals surface area contributed by atoms with Gasteiger partial charge in [0.15, 0.2) is 5.78 Å². The van der Waals surface area contributed by atoms with E-state index < -0.39 is 5.25 Å². The fourth-order valence-electron chi connectivity index (χ4n) is 3.03. The van der Waals surface area contributed by atoms with Crippen molar-refractivity contribution < 1.29 is 13.9 Å². The number of nitrogens with zero attached hydrogens (tertiary/aromatic N) is 2. The lowest BCUT2D eigenvalue weighted by molar-refractivity contribution is 0.0989. The molecule has 0 saturated heterocycles. The molecule has 150 valence electrons.